The van der Waals surface area contributed by atoms with E-state index in [1.54, 1.807) is 16.6 Å². The summed E-state index contributed by atoms with van der Waals surface area (Å²) in [5.74, 6) is 0.387. The normalized spacial score (nSPS) is 11.4. The van der Waals surface area contributed by atoms with Gasteiger partial charge in [0.15, 0.2) is 5.65 Å². The van der Waals surface area contributed by atoms with E-state index in [1.165, 1.54) is 23.9 Å². The third-order valence-electron chi connectivity index (χ3n) is 4.14. The molecule has 4 heterocycles. The van der Waals surface area contributed by atoms with Crippen molar-refractivity contribution in [3.8, 4) is 11.3 Å². The minimum Gasteiger partial charge on any atom is -0.307 e. The number of benzene rings is 1. The van der Waals surface area contributed by atoms with E-state index in [0.717, 1.165) is 22.6 Å². The van der Waals surface area contributed by atoms with E-state index in [9.17, 15) is 4.39 Å². The Morgan fingerprint density at radius 3 is 2.67 bits per heavy atom. The van der Waals surface area contributed by atoms with Crippen molar-refractivity contribution in [2.75, 3.05) is 0 Å². The Kier molecular flexibility index (Phi) is 3.83. The van der Waals surface area contributed by atoms with Crippen LogP contribution in [-0.4, -0.2) is 29.2 Å². The first kappa shape index (κ1) is 16.0. The summed E-state index contributed by atoms with van der Waals surface area (Å²) in [5, 5.41) is 13.7. The number of pyridine rings is 1. The van der Waals surface area contributed by atoms with E-state index in [-0.39, 0.29) is 5.82 Å². The molecule has 8 heteroatoms. The van der Waals surface area contributed by atoms with E-state index in [1.807, 2.05) is 47.1 Å². The SMILES string of the molecule is Fc1ccc(-c2ccc3nnc(SCc4cn5ccccc5n4)n3n2)cc1. The van der Waals surface area contributed by atoms with Gasteiger partial charge in [-0.3, -0.25) is 0 Å². The fraction of sp³-hybridized carbons (Fsp3) is 0.0526. The minimum absolute atomic E-state index is 0.271. The maximum Gasteiger partial charge on any atom is 0.212 e. The van der Waals surface area contributed by atoms with Gasteiger partial charge in [-0.1, -0.05) is 17.8 Å². The maximum absolute atomic E-state index is 13.2. The van der Waals surface area contributed by atoms with Crippen LogP contribution in [0.1, 0.15) is 5.69 Å². The number of thioether (sulfide) groups is 1. The number of imidazole rings is 1. The molecule has 0 spiro atoms. The number of aromatic nitrogens is 6. The second kappa shape index (κ2) is 6.48. The average Bonchev–Trinajstić information content (AvgIpc) is 3.30. The summed E-state index contributed by atoms with van der Waals surface area (Å²) in [5.41, 5.74) is 4.10. The van der Waals surface area contributed by atoms with Crippen LogP contribution >= 0.6 is 11.8 Å². The van der Waals surface area contributed by atoms with Gasteiger partial charge in [0.1, 0.15) is 11.5 Å². The van der Waals surface area contributed by atoms with Crippen LogP contribution in [-0.2, 0) is 5.75 Å². The van der Waals surface area contributed by atoms with Crippen molar-refractivity contribution >= 4 is 23.1 Å². The molecule has 0 fully saturated rings. The Bertz CT molecular complexity index is 1210. The summed E-state index contributed by atoms with van der Waals surface area (Å²) >= 11 is 1.52. The van der Waals surface area contributed by atoms with Crippen LogP contribution in [0.3, 0.4) is 0 Å². The minimum atomic E-state index is -0.271. The smallest absolute Gasteiger partial charge is 0.212 e. The van der Waals surface area contributed by atoms with Gasteiger partial charge in [0.05, 0.1) is 11.4 Å². The Labute approximate surface area is 157 Å². The number of rotatable bonds is 4. The molecule has 0 radical (unpaired) electrons. The molecule has 5 aromatic rings. The standard InChI is InChI=1S/C19H13FN6S/c20-14-6-4-13(5-7-14)16-8-9-18-22-23-19(26(18)24-16)27-12-15-11-25-10-2-1-3-17(25)21-15/h1-11H,12H2. The molecule has 0 aliphatic rings. The monoisotopic (exact) mass is 376 g/mol. The quantitative estimate of drug-likeness (QED) is 0.446. The molecule has 0 amide bonds. The molecule has 5 rings (SSSR count). The van der Waals surface area contributed by atoms with Gasteiger partial charge in [-0.2, -0.15) is 9.61 Å². The molecule has 0 bridgehead atoms. The molecular weight excluding hydrogens is 363 g/mol. The number of fused-ring (bicyclic) bond motifs is 2. The molecule has 132 valence electrons. The number of hydrogen-bond donors (Lipinski definition) is 0. The second-order valence-corrected chi connectivity index (χ2v) is 6.91. The Morgan fingerprint density at radius 1 is 0.926 bits per heavy atom. The highest BCUT2D eigenvalue weighted by Gasteiger charge is 2.11. The molecule has 4 aromatic heterocycles. The second-order valence-electron chi connectivity index (χ2n) is 5.97. The number of nitrogens with zero attached hydrogens (tertiary/aromatic N) is 6. The summed E-state index contributed by atoms with van der Waals surface area (Å²) in [4.78, 5) is 4.59. The molecule has 0 saturated heterocycles. The molecule has 0 unspecified atom stereocenters. The zero-order valence-corrected chi connectivity index (χ0v) is 14.8. The van der Waals surface area contributed by atoms with Crippen LogP contribution in [0.2, 0.25) is 0 Å². The van der Waals surface area contributed by atoms with Gasteiger partial charge < -0.3 is 4.40 Å². The molecule has 1 aromatic carbocycles. The van der Waals surface area contributed by atoms with E-state index in [2.05, 4.69) is 20.3 Å². The first-order valence-electron chi connectivity index (χ1n) is 8.30. The predicted molar refractivity (Wildman–Crippen MR) is 101 cm³/mol. The van der Waals surface area contributed by atoms with Crippen LogP contribution in [0.25, 0.3) is 22.6 Å². The summed E-state index contributed by atoms with van der Waals surface area (Å²) in [6, 6.07) is 15.9. The molecule has 0 saturated carbocycles. The third kappa shape index (κ3) is 3.04. The molecule has 27 heavy (non-hydrogen) atoms. The zero-order chi connectivity index (χ0) is 18.2. The highest BCUT2D eigenvalue weighted by Crippen LogP contribution is 2.23. The van der Waals surface area contributed by atoms with Crippen molar-refractivity contribution in [2.45, 2.75) is 10.9 Å². The molecule has 0 N–H and O–H groups in total. The topological polar surface area (TPSA) is 60.4 Å². The lowest BCUT2D eigenvalue weighted by molar-refractivity contribution is 0.628. The lowest BCUT2D eigenvalue weighted by atomic mass is 10.1. The largest absolute Gasteiger partial charge is 0.307 e. The molecule has 0 atom stereocenters. The highest BCUT2D eigenvalue weighted by atomic mass is 32.2. The average molecular weight is 376 g/mol. The van der Waals surface area contributed by atoms with Gasteiger partial charge in [0.2, 0.25) is 5.16 Å². The lowest BCUT2D eigenvalue weighted by Gasteiger charge is -2.03. The number of halogens is 1. The van der Waals surface area contributed by atoms with Crippen molar-refractivity contribution in [1.29, 1.82) is 0 Å². The third-order valence-corrected chi connectivity index (χ3v) is 5.09. The summed E-state index contributed by atoms with van der Waals surface area (Å²) < 4.78 is 16.8. The van der Waals surface area contributed by atoms with Crippen LogP contribution < -0.4 is 0 Å². The maximum atomic E-state index is 13.2. The Morgan fingerprint density at radius 2 is 1.81 bits per heavy atom. The van der Waals surface area contributed by atoms with E-state index in [4.69, 9.17) is 0 Å². The van der Waals surface area contributed by atoms with Crippen molar-refractivity contribution < 1.29 is 4.39 Å². The van der Waals surface area contributed by atoms with Crippen LogP contribution in [0.15, 0.2) is 72.1 Å². The van der Waals surface area contributed by atoms with Gasteiger partial charge in [-0.25, -0.2) is 9.37 Å². The highest BCUT2D eigenvalue weighted by molar-refractivity contribution is 7.98. The van der Waals surface area contributed by atoms with Crippen molar-refractivity contribution in [1.82, 2.24) is 29.2 Å². The predicted octanol–water partition coefficient (Wildman–Crippen LogP) is 3.87. The Hall–Kier alpha value is -3.26. The number of hydrogen-bond acceptors (Lipinski definition) is 5. The fourth-order valence-corrected chi connectivity index (χ4v) is 3.60. The van der Waals surface area contributed by atoms with Crippen LogP contribution in [0.4, 0.5) is 4.39 Å². The van der Waals surface area contributed by atoms with Gasteiger partial charge in [0, 0.05) is 23.7 Å². The summed E-state index contributed by atoms with van der Waals surface area (Å²) in [7, 11) is 0. The van der Waals surface area contributed by atoms with Crippen molar-refractivity contribution in [3.63, 3.8) is 0 Å². The molecule has 0 aliphatic heterocycles. The molecular formula is C19H13FN6S. The van der Waals surface area contributed by atoms with E-state index >= 15 is 0 Å². The fourth-order valence-electron chi connectivity index (χ4n) is 2.83. The summed E-state index contributed by atoms with van der Waals surface area (Å²) in [6.45, 7) is 0. The molecule has 0 aliphatic carbocycles. The first-order chi connectivity index (χ1) is 13.3. The van der Waals surface area contributed by atoms with Gasteiger partial charge in [0.25, 0.3) is 0 Å². The van der Waals surface area contributed by atoms with E-state index < -0.39 is 0 Å². The van der Waals surface area contributed by atoms with Crippen molar-refractivity contribution in [3.05, 3.63) is 78.5 Å². The first-order valence-corrected chi connectivity index (χ1v) is 9.29. The van der Waals surface area contributed by atoms with Gasteiger partial charge >= 0.3 is 0 Å². The molecule has 6 nitrogen and oxygen atoms in total. The van der Waals surface area contributed by atoms with Gasteiger partial charge in [-0.15, -0.1) is 10.2 Å². The van der Waals surface area contributed by atoms with E-state index in [0.29, 0.717) is 16.6 Å². The lowest BCUT2D eigenvalue weighted by Crippen LogP contribution is -1.96. The van der Waals surface area contributed by atoms with Crippen LogP contribution in [0.5, 0.6) is 0 Å². The van der Waals surface area contributed by atoms with Crippen molar-refractivity contribution in [2.24, 2.45) is 0 Å². The summed E-state index contributed by atoms with van der Waals surface area (Å²) in [6.07, 6.45) is 3.97. The van der Waals surface area contributed by atoms with Crippen LogP contribution in [0, 0.1) is 5.82 Å². The Balaban J connectivity index is 1.44. The zero-order valence-electron chi connectivity index (χ0n) is 14.0. The van der Waals surface area contributed by atoms with Gasteiger partial charge in [-0.05, 0) is 48.5 Å².